The third-order valence-electron chi connectivity index (χ3n) is 3.64. The molecule has 0 spiro atoms. The molecule has 0 rings (SSSR count). The van der Waals surface area contributed by atoms with E-state index < -0.39 is 0 Å². The van der Waals surface area contributed by atoms with Crippen molar-refractivity contribution in [2.45, 2.75) is 72.1 Å². The molecule has 2 nitrogen and oxygen atoms in total. The van der Waals surface area contributed by atoms with Gasteiger partial charge in [-0.15, -0.1) is 0 Å². The number of carbonyl (C=O) groups excluding carboxylic acids is 1. The molecule has 16 heavy (non-hydrogen) atoms. The van der Waals surface area contributed by atoms with Gasteiger partial charge in [-0.1, -0.05) is 40.0 Å². The van der Waals surface area contributed by atoms with Crippen LogP contribution >= 0.6 is 0 Å². The fraction of sp³-hybridized carbons (Fsp3) is 0.929. The number of hydrogen-bond donors (Lipinski definition) is 1. The Kier molecular flexibility index (Phi) is 8.54. The maximum Gasteiger partial charge on any atom is 0.138 e. The zero-order valence-corrected chi connectivity index (χ0v) is 11.3. The molecule has 0 aliphatic rings. The van der Waals surface area contributed by atoms with E-state index in [0.29, 0.717) is 5.78 Å². The highest BCUT2D eigenvalue weighted by Crippen LogP contribution is 2.31. The molecule has 2 heteroatoms. The first-order valence-electron chi connectivity index (χ1n) is 6.84. The SMILES string of the molecule is CCCCC(C)(CC)C(=O)CCCCCN. The molecule has 0 saturated heterocycles. The van der Waals surface area contributed by atoms with Gasteiger partial charge in [0, 0.05) is 11.8 Å². The van der Waals surface area contributed by atoms with Crippen LogP contribution in [0.5, 0.6) is 0 Å². The minimum atomic E-state index is -0.0707. The summed E-state index contributed by atoms with van der Waals surface area (Å²) in [4.78, 5) is 12.1. The second-order valence-electron chi connectivity index (χ2n) is 5.04. The molecule has 1 atom stereocenters. The lowest BCUT2D eigenvalue weighted by Crippen LogP contribution is -2.27. The summed E-state index contributed by atoms with van der Waals surface area (Å²) in [7, 11) is 0. The number of unbranched alkanes of at least 4 members (excludes halogenated alkanes) is 3. The van der Waals surface area contributed by atoms with Crippen LogP contribution in [0, 0.1) is 5.41 Å². The van der Waals surface area contributed by atoms with Crippen molar-refractivity contribution in [2.24, 2.45) is 11.1 Å². The number of rotatable bonds is 10. The number of Topliss-reactive ketones (excluding diaryl/α,β-unsaturated/α-hetero) is 1. The molecule has 1 unspecified atom stereocenters. The second kappa shape index (κ2) is 8.74. The second-order valence-corrected chi connectivity index (χ2v) is 5.04. The molecule has 0 amide bonds. The molecule has 0 aromatic carbocycles. The number of ketones is 1. The van der Waals surface area contributed by atoms with Gasteiger partial charge in [-0.05, 0) is 32.2 Å². The lowest BCUT2D eigenvalue weighted by molar-refractivity contribution is -0.128. The monoisotopic (exact) mass is 227 g/mol. The summed E-state index contributed by atoms with van der Waals surface area (Å²) >= 11 is 0. The Hall–Kier alpha value is -0.370. The molecule has 0 aromatic heterocycles. The minimum absolute atomic E-state index is 0.0707. The third kappa shape index (κ3) is 5.64. The Morgan fingerprint density at radius 1 is 1.12 bits per heavy atom. The van der Waals surface area contributed by atoms with E-state index in [4.69, 9.17) is 5.73 Å². The average Bonchev–Trinajstić information content (AvgIpc) is 2.31. The highest BCUT2D eigenvalue weighted by Gasteiger charge is 2.29. The first-order chi connectivity index (χ1) is 7.60. The lowest BCUT2D eigenvalue weighted by atomic mass is 9.77. The van der Waals surface area contributed by atoms with E-state index in [1.807, 2.05) is 0 Å². The van der Waals surface area contributed by atoms with E-state index in [-0.39, 0.29) is 5.41 Å². The summed E-state index contributed by atoms with van der Waals surface area (Å²) in [6, 6.07) is 0. The van der Waals surface area contributed by atoms with Gasteiger partial charge in [-0.25, -0.2) is 0 Å². The highest BCUT2D eigenvalue weighted by atomic mass is 16.1. The number of nitrogens with two attached hydrogens (primary N) is 1. The zero-order valence-electron chi connectivity index (χ0n) is 11.3. The van der Waals surface area contributed by atoms with Gasteiger partial charge in [0.05, 0.1) is 0 Å². The summed E-state index contributed by atoms with van der Waals surface area (Å²) in [6.45, 7) is 7.19. The van der Waals surface area contributed by atoms with Gasteiger partial charge in [0.1, 0.15) is 5.78 Å². The predicted molar refractivity (Wildman–Crippen MR) is 70.5 cm³/mol. The van der Waals surface area contributed by atoms with E-state index in [9.17, 15) is 4.79 Å². The Bertz CT molecular complexity index is 191. The first kappa shape index (κ1) is 15.6. The maximum absolute atomic E-state index is 12.1. The summed E-state index contributed by atoms with van der Waals surface area (Å²) in [5.41, 5.74) is 5.37. The quantitative estimate of drug-likeness (QED) is 0.578. The molecule has 0 radical (unpaired) electrons. The summed E-state index contributed by atoms with van der Waals surface area (Å²) < 4.78 is 0. The van der Waals surface area contributed by atoms with E-state index in [1.165, 1.54) is 12.8 Å². The molecule has 2 N–H and O–H groups in total. The van der Waals surface area contributed by atoms with Crippen molar-refractivity contribution in [3.8, 4) is 0 Å². The van der Waals surface area contributed by atoms with E-state index in [2.05, 4.69) is 20.8 Å². The van der Waals surface area contributed by atoms with Crippen molar-refractivity contribution < 1.29 is 4.79 Å². The predicted octanol–water partition coefficient (Wildman–Crippen LogP) is 3.68. The smallest absolute Gasteiger partial charge is 0.138 e. The molecule has 0 aliphatic heterocycles. The van der Waals surface area contributed by atoms with Crippen LogP contribution < -0.4 is 5.73 Å². The Morgan fingerprint density at radius 3 is 2.31 bits per heavy atom. The molecule has 0 aliphatic carbocycles. The molecular formula is C14H29NO. The summed E-state index contributed by atoms with van der Waals surface area (Å²) in [5, 5.41) is 0. The third-order valence-corrected chi connectivity index (χ3v) is 3.64. The van der Waals surface area contributed by atoms with Crippen LogP contribution in [-0.4, -0.2) is 12.3 Å². The van der Waals surface area contributed by atoms with Crippen molar-refractivity contribution in [2.75, 3.05) is 6.54 Å². The van der Waals surface area contributed by atoms with Crippen molar-refractivity contribution in [3.05, 3.63) is 0 Å². The fourth-order valence-electron chi connectivity index (χ4n) is 1.99. The van der Waals surface area contributed by atoms with Gasteiger partial charge >= 0.3 is 0 Å². The molecule has 0 aromatic rings. The summed E-state index contributed by atoms with van der Waals surface area (Å²) in [5.74, 6) is 0.459. The highest BCUT2D eigenvalue weighted by molar-refractivity contribution is 5.84. The topological polar surface area (TPSA) is 43.1 Å². The number of carbonyl (C=O) groups is 1. The van der Waals surface area contributed by atoms with Crippen molar-refractivity contribution in [1.82, 2.24) is 0 Å². The molecule has 0 heterocycles. The van der Waals surface area contributed by atoms with Crippen LogP contribution in [0.25, 0.3) is 0 Å². The van der Waals surface area contributed by atoms with Crippen molar-refractivity contribution >= 4 is 5.78 Å². The fourth-order valence-corrected chi connectivity index (χ4v) is 1.99. The van der Waals surface area contributed by atoms with Gasteiger partial charge in [0.25, 0.3) is 0 Å². The molecular weight excluding hydrogens is 198 g/mol. The average molecular weight is 227 g/mol. The van der Waals surface area contributed by atoms with Gasteiger partial charge in [-0.3, -0.25) is 4.79 Å². The van der Waals surface area contributed by atoms with Gasteiger partial charge < -0.3 is 5.73 Å². The first-order valence-corrected chi connectivity index (χ1v) is 6.84. The van der Waals surface area contributed by atoms with Crippen LogP contribution in [0.1, 0.15) is 72.1 Å². The standard InChI is InChI=1S/C14H29NO/c1-4-6-11-14(3,5-2)13(16)10-8-7-9-12-15/h4-12,15H2,1-3H3. The normalized spacial score (nSPS) is 14.8. The zero-order chi connectivity index (χ0) is 12.4. The maximum atomic E-state index is 12.1. The molecule has 0 bridgehead atoms. The van der Waals surface area contributed by atoms with E-state index in [1.54, 1.807) is 0 Å². The number of hydrogen-bond acceptors (Lipinski definition) is 2. The van der Waals surface area contributed by atoms with Gasteiger partial charge in [-0.2, -0.15) is 0 Å². The Labute approximate surface area is 101 Å². The van der Waals surface area contributed by atoms with Crippen LogP contribution in [-0.2, 0) is 4.79 Å². The minimum Gasteiger partial charge on any atom is -0.330 e. The van der Waals surface area contributed by atoms with Crippen molar-refractivity contribution in [1.29, 1.82) is 0 Å². The van der Waals surface area contributed by atoms with Gasteiger partial charge in [0.2, 0.25) is 0 Å². The largest absolute Gasteiger partial charge is 0.330 e. The van der Waals surface area contributed by atoms with Crippen LogP contribution in [0.4, 0.5) is 0 Å². The lowest BCUT2D eigenvalue weighted by Gasteiger charge is -2.26. The van der Waals surface area contributed by atoms with Crippen LogP contribution in [0.2, 0.25) is 0 Å². The van der Waals surface area contributed by atoms with Gasteiger partial charge in [0.15, 0.2) is 0 Å². The molecule has 0 fully saturated rings. The molecule has 96 valence electrons. The Balaban J connectivity index is 3.98. The van der Waals surface area contributed by atoms with E-state index in [0.717, 1.165) is 45.1 Å². The van der Waals surface area contributed by atoms with Crippen LogP contribution in [0.3, 0.4) is 0 Å². The Morgan fingerprint density at radius 2 is 1.81 bits per heavy atom. The summed E-state index contributed by atoms with van der Waals surface area (Å²) in [6.07, 6.45) is 8.26. The van der Waals surface area contributed by atoms with Crippen molar-refractivity contribution in [3.63, 3.8) is 0 Å². The van der Waals surface area contributed by atoms with Crippen LogP contribution in [0.15, 0.2) is 0 Å². The van der Waals surface area contributed by atoms with E-state index >= 15 is 0 Å². The molecule has 0 saturated carbocycles.